The molecule has 13 heavy (non-hydrogen) atoms. The van der Waals surface area contributed by atoms with Crippen LogP contribution in [0.5, 0.6) is 0 Å². The van der Waals surface area contributed by atoms with Crippen LogP contribution in [0.2, 0.25) is 0 Å². The number of rotatable bonds is 1. The highest BCUT2D eigenvalue weighted by Gasteiger charge is 2.19. The van der Waals surface area contributed by atoms with Crippen LogP contribution in [-0.4, -0.2) is 16.7 Å². The van der Waals surface area contributed by atoms with Gasteiger partial charge < -0.3 is 9.84 Å². The number of nitrogens with one attached hydrogen (secondary N) is 1. The van der Waals surface area contributed by atoms with Crippen molar-refractivity contribution in [3.05, 3.63) is 11.7 Å². The topological polar surface area (TPSA) is 51.0 Å². The summed E-state index contributed by atoms with van der Waals surface area (Å²) in [5, 5.41) is 7.12. The molecule has 1 aliphatic heterocycles. The maximum absolute atomic E-state index is 5.08. The summed E-state index contributed by atoms with van der Waals surface area (Å²) in [6, 6.07) is 0.292. The molecule has 0 spiro atoms. The molecule has 0 amide bonds. The van der Waals surface area contributed by atoms with E-state index in [9.17, 15) is 0 Å². The fourth-order valence-electron chi connectivity index (χ4n) is 1.52. The summed E-state index contributed by atoms with van der Waals surface area (Å²) in [4.78, 5) is 4.19. The Hall–Kier alpha value is -0.610. The quantitative estimate of drug-likeness (QED) is 0.754. The Kier molecular flexibility index (Phi) is 3.69. The van der Waals surface area contributed by atoms with E-state index in [2.05, 4.69) is 15.5 Å². The van der Waals surface area contributed by atoms with Gasteiger partial charge in [-0.3, -0.25) is 0 Å². The van der Waals surface area contributed by atoms with E-state index in [1.807, 2.05) is 6.92 Å². The van der Waals surface area contributed by atoms with Gasteiger partial charge in [0.25, 0.3) is 0 Å². The zero-order chi connectivity index (χ0) is 8.39. The summed E-state index contributed by atoms with van der Waals surface area (Å²) in [6.45, 7) is 2.90. The van der Waals surface area contributed by atoms with Crippen LogP contribution < -0.4 is 5.32 Å². The highest BCUT2D eigenvalue weighted by atomic mass is 35.5. The first-order valence-corrected chi connectivity index (χ1v) is 4.40. The molecule has 74 valence electrons. The monoisotopic (exact) mass is 203 g/mol. The molecule has 1 saturated heterocycles. The van der Waals surface area contributed by atoms with Crippen molar-refractivity contribution < 1.29 is 4.52 Å². The molecule has 0 aromatic carbocycles. The number of hydrogen-bond acceptors (Lipinski definition) is 4. The predicted molar refractivity (Wildman–Crippen MR) is 50.9 cm³/mol. The summed E-state index contributed by atoms with van der Waals surface area (Å²) in [5.41, 5.74) is 0. The molecule has 2 rings (SSSR count). The third kappa shape index (κ3) is 2.42. The van der Waals surface area contributed by atoms with Crippen molar-refractivity contribution in [2.45, 2.75) is 32.2 Å². The summed E-state index contributed by atoms with van der Waals surface area (Å²) in [6.07, 6.45) is 3.62. The van der Waals surface area contributed by atoms with Gasteiger partial charge in [-0.15, -0.1) is 12.4 Å². The van der Waals surface area contributed by atoms with Crippen molar-refractivity contribution in [3.63, 3.8) is 0 Å². The Labute approximate surface area is 83.5 Å². The maximum atomic E-state index is 5.08. The van der Waals surface area contributed by atoms with Gasteiger partial charge in [0.05, 0.1) is 6.04 Å². The zero-order valence-electron chi connectivity index (χ0n) is 7.62. The fourth-order valence-corrected chi connectivity index (χ4v) is 1.52. The molecule has 0 aliphatic carbocycles. The van der Waals surface area contributed by atoms with Crippen molar-refractivity contribution >= 4 is 12.4 Å². The molecule has 1 aliphatic rings. The van der Waals surface area contributed by atoms with Crippen LogP contribution in [0.15, 0.2) is 4.52 Å². The Morgan fingerprint density at radius 2 is 2.31 bits per heavy atom. The van der Waals surface area contributed by atoms with Crippen LogP contribution in [0, 0.1) is 6.92 Å². The molecule has 0 unspecified atom stereocenters. The fraction of sp³-hybridized carbons (Fsp3) is 0.750. The summed E-state index contributed by atoms with van der Waals surface area (Å²) >= 11 is 0. The van der Waals surface area contributed by atoms with Crippen molar-refractivity contribution in [1.29, 1.82) is 0 Å². The van der Waals surface area contributed by atoms with E-state index >= 15 is 0 Å². The van der Waals surface area contributed by atoms with Crippen LogP contribution in [-0.2, 0) is 0 Å². The molecular weight excluding hydrogens is 190 g/mol. The van der Waals surface area contributed by atoms with E-state index in [4.69, 9.17) is 4.52 Å². The SMILES string of the molecule is Cc1noc([C@@H]2CCCCN2)n1.Cl. The summed E-state index contributed by atoms with van der Waals surface area (Å²) in [5.74, 6) is 1.46. The number of halogens is 1. The number of aromatic nitrogens is 2. The van der Waals surface area contributed by atoms with Gasteiger partial charge in [0.2, 0.25) is 5.89 Å². The van der Waals surface area contributed by atoms with Crippen molar-refractivity contribution in [3.8, 4) is 0 Å². The van der Waals surface area contributed by atoms with Gasteiger partial charge in [0.1, 0.15) is 0 Å². The van der Waals surface area contributed by atoms with E-state index in [1.54, 1.807) is 0 Å². The number of hydrogen-bond donors (Lipinski definition) is 1. The second-order valence-electron chi connectivity index (χ2n) is 3.18. The third-order valence-electron chi connectivity index (χ3n) is 2.15. The lowest BCUT2D eigenvalue weighted by molar-refractivity contribution is 0.296. The van der Waals surface area contributed by atoms with Crippen molar-refractivity contribution in [2.75, 3.05) is 6.54 Å². The van der Waals surface area contributed by atoms with Crippen LogP contribution in [0.3, 0.4) is 0 Å². The molecule has 1 N–H and O–H groups in total. The first-order chi connectivity index (χ1) is 5.86. The molecule has 1 aromatic heterocycles. The van der Waals surface area contributed by atoms with Gasteiger partial charge >= 0.3 is 0 Å². The Bertz CT molecular complexity index is 258. The number of nitrogens with zero attached hydrogens (tertiary/aromatic N) is 2. The van der Waals surface area contributed by atoms with Crippen LogP contribution in [0.1, 0.15) is 37.0 Å². The van der Waals surface area contributed by atoms with Crippen LogP contribution >= 0.6 is 12.4 Å². The molecule has 0 radical (unpaired) electrons. The maximum Gasteiger partial charge on any atom is 0.243 e. The summed E-state index contributed by atoms with van der Waals surface area (Å²) in [7, 11) is 0. The molecule has 2 heterocycles. The molecule has 0 bridgehead atoms. The molecule has 1 aromatic rings. The largest absolute Gasteiger partial charge is 0.338 e. The van der Waals surface area contributed by atoms with Crippen molar-refractivity contribution in [2.24, 2.45) is 0 Å². The lowest BCUT2D eigenvalue weighted by Gasteiger charge is -2.19. The van der Waals surface area contributed by atoms with E-state index in [-0.39, 0.29) is 12.4 Å². The standard InChI is InChI=1S/C8H13N3O.ClH/c1-6-10-8(12-11-6)7-4-2-3-5-9-7;/h7,9H,2-5H2,1H3;1H/t7-;/m0./s1. The average molecular weight is 204 g/mol. The van der Waals surface area contributed by atoms with Crippen LogP contribution in [0.25, 0.3) is 0 Å². The molecule has 0 saturated carbocycles. The van der Waals surface area contributed by atoms with Gasteiger partial charge in [-0.2, -0.15) is 4.98 Å². The van der Waals surface area contributed by atoms with Gasteiger partial charge in [0.15, 0.2) is 5.82 Å². The molecule has 1 fully saturated rings. The van der Waals surface area contributed by atoms with Crippen LogP contribution in [0.4, 0.5) is 0 Å². The predicted octanol–water partition coefficient (Wildman–Crippen LogP) is 1.61. The Balaban J connectivity index is 0.000000845. The smallest absolute Gasteiger partial charge is 0.243 e. The number of aryl methyl sites for hydroxylation is 1. The zero-order valence-corrected chi connectivity index (χ0v) is 8.43. The van der Waals surface area contributed by atoms with Gasteiger partial charge in [-0.25, -0.2) is 0 Å². The molecule has 1 atom stereocenters. The first-order valence-electron chi connectivity index (χ1n) is 4.40. The van der Waals surface area contributed by atoms with E-state index in [0.717, 1.165) is 24.7 Å². The second kappa shape index (κ2) is 4.58. The minimum Gasteiger partial charge on any atom is -0.338 e. The first kappa shape index (κ1) is 10.5. The highest BCUT2D eigenvalue weighted by molar-refractivity contribution is 5.85. The summed E-state index contributed by atoms with van der Waals surface area (Å²) < 4.78 is 5.08. The lowest BCUT2D eigenvalue weighted by atomic mass is 10.1. The second-order valence-corrected chi connectivity index (χ2v) is 3.18. The Morgan fingerprint density at radius 3 is 2.85 bits per heavy atom. The minimum absolute atomic E-state index is 0. The molecular formula is C8H14ClN3O. The van der Waals surface area contributed by atoms with Gasteiger partial charge in [0, 0.05) is 0 Å². The Morgan fingerprint density at radius 1 is 1.46 bits per heavy atom. The van der Waals surface area contributed by atoms with Gasteiger partial charge in [-0.05, 0) is 26.3 Å². The van der Waals surface area contributed by atoms with Gasteiger partial charge in [-0.1, -0.05) is 11.6 Å². The van der Waals surface area contributed by atoms with E-state index < -0.39 is 0 Å². The molecule has 5 heteroatoms. The van der Waals surface area contributed by atoms with E-state index in [0.29, 0.717) is 6.04 Å². The normalized spacial score (nSPS) is 22.4. The average Bonchev–Trinajstić information content (AvgIpc) is 2.54. The van der Waals surface area contributed by atoms with Crippen molar-refractivity contribution in [1.82, 2.24) is 15.5 Å². The number of piperidine rings is 1. The van der Waals surface area contributed by atoms with E-state index in [1.165, 1.54) is 12.8 Å². The third-order valence-corrected chi connectivity index (χ3v) is 2.15. The molecule has 4 nitrogen and oxygen atoms in total. The lowest BCUT2D eigenvalue weighted by Crippen LogP contribution is -2.26. The highest BCUT2D eigenvalue weighted by Crippen LogP contribution is 2.20. The minimum atomic E-state index is 0.